The first kappa shape index (κ1) is 18.5. The Balaban J connectivity index is 1.81. The van der Waals surface area contributed by atoms with Gasteiger partial charge in [-0.3, -0.25) is 9.59 Å². The van der Waals surface area contributed by atoms with E-state index in [0.717, 1.165) is 5.56 Å². The van der Waals surface area contributed by atoms with E-state index in [1.165, 1.54) is 0 Å². The van der Waals surface area contributed by atoms with Crippen LogP contribution in [0.1, 0.15) is 31.7 Å². The van der Waals surface area contributed by atoms with E-state index in [2.05, 4.69) is 5.32 Å². The summed E-state index contributed by atoms with van der Waals surface area (Å²) in [5, 5.41) is 2.69. The van der Waals surface area contributed by atoms with Gasteiger partial charge in [-0.1, -0.05) is 49.4 Å². The lowest BCUT2D eigenvalue weighted by molar-refractivity contribution is -0.147. The average molecular weight is 341 g/mol. The number of para-hydroxylation sites is 2. The van der Waals surface area contributed by atoms with Crippen molar-refractivity contribution in [1.29, 1.82) is 0 Å². The molecule has 0 aliphatic carbocycles. The Hall–Kier alpha value is -2.82. The summed E-state index contributed by atoms with van der Waals surface area (Å²) in [6.07, 6.45) is 0.229. The van der Waals surface area contributed by atoms with Crippen molar-refractivity contribution in [3.63, 3.8) is 0 Å². The fourth-order valence-electron chi connectivity index (χ4n) is 2.39. The number of carbonyl (C=O) groups is 2. The summed E-state index contributed by atoms with van der Waals surface area (Å²) in [4.78, 5) is 23.9. The topological polar surface area (TPSA) is 64.6 Å². The molecule has 0 saturated heterocycles. The van der Waals surface area contributed by atoms with E-state index < -0.39 is 11.9 Å². The predicted octanol–water partition coefficient (Wildman–Crippen LogP) is 3.76. The molecule has 2 aromatic rings. The predicted molar refractivity (Wildman–Crippen MR) is 96.7 cm³/mol. The summed E-state index contributed by atoms with van der Waals surface area (Å²) in [6.45, 7) is 4.00. The van der Waals surface area contributed by atoms with Gasteiger partial charge in [-0.25, -0.2) is 0 Å². The van der Waals surface area contributed by atoms with Gasteiger partial charge in [0, 0.05) is 0 Å². The van der Waals surface area contributed by atoms with Crippen molar-refractivity contribution in [1.82, 2.24) is 0 Å². The summed E-state index contributed by atoms with van der Waals surface area (Å²) in [5.41, 5.74) is 1.62. The van der Waals surface area contributed by atoms with Crippen LogP contribution in [0.25, 0.3) is 0 Å². The number of rotatable bonds is 8. The van der Waals surface area contributed by atoms with Crippen LogP contribution >= 0.6 is 0 Å². The van der Waals surface area contributed by atoms with Gasteiger partial charge >= 0.3 is 5.97 Å². The highest BCUT2D eigenvalue weighted by Gasteiger charge is 2.14. The highest BCUT2D eigenvalue weighted by Crippen LogP contribution is 2.23. The SMILES string of the molecule is CCOc1ccccc1NC(=O)COC(=O)CC(C)c1ccccc1. The minimum absolute atomic E-state index is 0.0374. The molecule has 1 unspecified atom stereocenters. The number of hydrogen-bond acceptors (Lipinski definition) is 4. The molecule has 0 saturated carbocycles. The van der Waals surface area contributed by atoms with Crippen LogP contribution in [0.5, 0.6) is 5.75 Å². The molecule has 1 atom stereocenters. The molecule has 25 heavy (non-hydrogen) atoms. The largest absolute Gasteiger partial charge is 0.492 e. The molecule has 0 radical (unpaired) electrons. The third-order valence-corrected chi connectivity index (χ3v) is 3.67. The summed E-state index contributed by atoms with van der Waals surface area (Å²) in [5.74, 6) is -0.171. The fourth-order valence-corrected chi connectivity index (χ4v) is 2.39. The summed E-state index contributed by atoms with van der Waals surface area (Å²) in [6, 6.07) is 16.9. The van der Waals surface area contributed by atoms with Crippen LogP contribution in [-0.4, -0.2) is 25.1 Å². The van der Waals surface area contributed by atoms with Crippen LogP contribution in [0, 0.1) is 0 Å². The van der Waals surface area contributed by atoms with Crippen LogP contribution in [0.15, 0.2) is 54.6 Å². The molecule has 0 fully saturated rings. The Morgan fingerprint density at radius 1 is 1.04 bits per heavy atom. The molecule has 2 rings (SSSR count). The van der Waals surface area contributed by atoms with Gasteiger partial charge in [0.05, 0.1) is 18.7 Å². The van der Waals surface area contributed by atoms with Crippen molar-refractivity contribution in [3.8, 4) is 5.75 Å². The van der Waals surface area contributed by atoms with Gasteiger partial charge < -0.3 is 14.8 Å². The average Bonchev–Trinajstić information content (AvgIpc) is 2.62. The Morgan fingerprint density at radius 3 is 2.44 bits per heavy atom. The molecule has 0 spiro atoms. The quantitative estimate of drug-likeness (QED) is 0.743. The van der Waals surface area contributed by atoms with E-state index in [1.54, 1.807) is 18.2 Å². The molecule has 0 heterocycles. The van der Waals surface area contributed by atoms with E-state index in [1.807, 2.05) is 50.2 Å². The molecule has 0 aliphatic rings. The van der Waals surface area contributed by atoms with E-state index >= 15 is 0 Å². The van der Waals surface area contributed by atoms with Crippen molar-refractivity contribution in [2.45, 2.75) is 26.2 Å². The van der Waals surface area contributed by atoms with Crippen molar-refractivity contribution in [3.05, 3.63) is 60.2 Å². The molecule has 0 aliphatic heterocycles. The summed E-state index contributed by atoms with van der Waals surface area (Å²) < 4.78 is 10.5. The Morgan fingerprint density at radius 2 is 1.72 bits per heavy atom. The lowest BCUT2D eigenvalue weighted by atomic mass is 9.98. The summed E-state index contributed by atoms with van der Waals surface area (Å²) in [7, 11) is 0. The number of hydrogen-bond donors (Lipinski definition) is 1. The Labute approximate surface area is 148 Å². The molecular weight excluding hydrogens is 318 g/mol. The summed E-state index contributed by atoms with van der Waals surface area (Å²) >= 11 is 0. The highest BCUT2D eigenvalue weighted by atomic mass is 16.5. The van der Waals surface area contributed by atoms with Crippen molar-refractivity contribution >= 4 is 17.6 Å². The maximum absolute atomic E-state index is 12.0. The third kappa shape index (κ3) is 5.95. The number of ether oxygens (including phenoxy) is 2. The second kappa shape index (κ2) is 9.47. The van der Waals surface area contributed by atoms with Gasteiger partial charge in [0.15, 0.2) is 6.61 Å². The van der Waals surface area contributed by atoms with Gasteiger partial charge in [0.2, 0.25) is 0 Å². The van der Waals surface area contributed by atoms with E-state index in [9.17, 15) is 9.59 Å². The number of esters is 1. The first-order valence-electron chi connectivity index (χ1n) is 8.32. The van der Waals surface area contributed by atoms with Gasteiger partial charge in [0.25, 0.3) is 5.91 Å². The Kier molecular flexibility index (Phi) is 7.01. The first-order valence-corrected chi connectivity index (χ1v) is 8.32. The third-order valence-electron chi connectivity index (χ3n) is 3.67. The smallest absolute Gasteiger partial charge is 0.306 e. The maximum Gasteiger partial charge on any atom is 0.306 e. The van der Waals surface area contributed by atoms with Crippen molar-refractivity contribution in [2.75, 3.05) is 18.5 Å². The number of benzene rings is 2. The van der Waals surface area contributed by atoms with Crippen molar-refractivity contribution < 1.29 is 19.1 Å². The number of nitrogens with one attached hydrogen (secondary N) is 1. The van der Waals surface area contributed by atoms with Crippen LogP contribution in [0.2, 0.25) is 0 Å². The van der Waals surface area contributed by atoms with E-state index in [4.69, 9.17) is 9.47 Å². The minimum Gasteiger partial charge on any atom is -0.492 e. The molecule has 2 aromatic carbocycles. The monoisotopic (exact) mass is 341 g/mol. The number of anilines is 1. The molecule has 1 amide bonds. The van der Waals surface area contributed by atoms with E-state index in [-0.39, 0.29) is 18.9 Å². The number of carbonyl (C=O) groups excluding carboxylic acids is 2. The van der Waals surface area contributed by atoms with Crippen LogP contribution in [-0.2, 0) is 14.3 Å². The van der Waals surface area contributed by atoms with Crippen LogP contribution in [0.3, 0.4) is 0 Å². The zero-order valence-electron chi connectivity index (χ0n) is 14.5. The number of amides is 1. The van der Waals surface area contributed by atoms with Gasteiger partial charge in [-0.15, -0.1) is 0 Å². The second-order valence-electron chi connectivity index (χ2n) is 5.65. The second-order valence-corrected chi connectivity index (χ2v) is 5.65. The van der Waals surface area contributed by atoms with Gasteiger partial charge in [0.1, 0.15) is 5.75 Å². The lowest BCUT2D eigenvalue weighted by Gasteiger charge is -2.13. The van der Waals surface area contributed by atoms with Crippen LogP contribution in [0.4, 0.5) is 5.69 Å². The molecule has 132 valence electrons. The molecular formula is C20H23NO4. The van der Waals surface area contributed by atoms with Gasteiger partial charge in [-0.05, 0) is 30.5 Å². The fraction of sp³-hybridized carbons (Fsp3) is 0.300. The normalized spacial score (nSPS) is 11.4. The van der Waals surface area contributed by atoms with Crippen LogP contribution < -0.4 is 10.1 Å². The molecule has 5 heteroatoms. The zero-order chi connectivity index (χ0) is 18.1. The molecule has 0 aromatic heterocycles. The Bertz CT molecular complexity index is 700. The van der Waals surface area contributed by atoms with E-state index in [0.29, 0.717) is 18.0 Å². The molecule has 1 N–H and O–H groups in total. The van der Waals surface area contributed by atoms with Gasteiger partial charge in [-0.2, -0.15) is 0 Å². The lowest BCUT2D eigenvalue weighted by Crippen LogP contribution is -2.21. The molecule has 0 bridgehead atoms. The highest BCUT2D eigenvalue weighted by molar-refractivity contribution is 5.94. The first-order chi connectivity index (χ1) is 12.1. The minimum atomic E-state index is -0.399. The zero-order valence-corrected chi connectivity index (χ0v) is 14.5. The molecule has 5 nitrogen and oxygen atoms in total. The maximum atomic E-state index is 12.0. The standard InChI is InChI=1S/C20H23NO4/c1-3-24-18-12-8-7-11-17(18)21-19(22)14-25-20(23)13-15(2)16-9-5-4-6-10-16/h4-12,15H,3,13-14H2,1-2H3,(H,21,22). The van der Waals surface area contributed by atoms with Crippen molar-refractivity contribution in [2.24, 2.45) is 0 Å².